The van der Waals surface area contributed by atoms with Gasteiger partial charge in [0, 0.05) is 29.5 Å². The summed E-state index contributed by atoms with van der Waals surface area (Å²) < 4.78 is 39.8. The van der Waals surface area contributed by atoms with Gasteiger partial charge in [0.1, 0.15) is 10.7 Å². The van der Waals surface area contributed by atoms with E-state index in [-0.39, 0.29) is 18.5 Å². The third-order valence-corrected chi connectivity index (χ3v) is 7.25. The Labute approximate surface area is 235 Å². The summed E-state index contributed by atoms with van der Waals surface area (Å²) in [7, 11) is 0. The van der Waals surface area contributed by atoms with E-state index in [2.05, 4.69) is 22.4 Å². The Morgan fingerprint density at radius 2 is 1.62 bits per heavy atom. The predicted octanol–water partition coefficient (Wildman–Crippen LogP) is 7.77. The van der Waals surface area contributed by atoms with Gasteiger partial charge in [-0.15, -0.1) is 11.3 Å². The predicted molar refractivity (Wildman–Crippen MR) is 150 cm³/mol. The summed E-state index contributed by atoms with van der Waals surface area (Å²) in [6.07, 6.45) is -2.75. The lowest BCUT2D eigenvalue weighted by atomic mass is 10.1. The molecule has 1 atom stereocenters. The maximum absolute atomic E-state index is 13.3. The summed E-state index contributed by atoms with van der Waals surface area (Å²) >= 11 is 7.51. The first-order valence-corrected chi connectivity index (χ1v) is 13.8. The van der Waals surface area contributed by atoms with E-state index < -0.39 is 11.7 Å². The number of rotatable bonds is 11. The normalized spacial score (nSPS) is 12.5. The van der Waals surface area contributed by atoms with E-state index in [1.165, 1.54) is 29.0 Å². The van der Waals surface area contributed by atoms with Crippen LogP contribution in [-0.2, 0) is 32.2 Å². The number of hydrogen-bond donors (Lipinski definition) is 1. The monoisotopic (exact) mass is 571 g/mol. The van der Waals surface area contributed by atoms with E-state index in [1.807, 2.05) is 48.2 Å². The number of halogens is 4. The molecule has 9 heteroatoms. The van der Waals surface area contributed by atoms with Crippen LogP contribution in [-0.4, -0.2) is 21.8 Å². The lowest BCUT2D eigenvalue weighted by molar-refractivity contribution is -0.137. The molecule has 4 aromatic rings. The van der Waals surface area contributed by atoms with Crippen LogP contribution in [0.1, 0.15) is 51.1 Å². The molecule has 1 aromatic heterocycles. The number of thiazole rings is 1. The standard InChI is InChI=1S/C30H29ClF3N3OS/c1-21(13-14-22-7-3-2-4-8-22)35-29(38)27-20-39-28(36-27)19-37(18-24-10-6-12-26(31)16-24)17-23-9-5-11-25(15-23)30(32,33)34/h2-12,15-16,20-21H,13-14,17-19H2,1H3,(H,35,38). The molecule has 3 aromatic carbocycles. The Balaban J connectivity index is 1.43. The molecule has 0 saturated carbocycles. The molecule has 0 aliphatic rings. The number of nitrogens with zero attached hydrogens (tertiary/aromatic N) is 2. The molecule has 0 spiro atoms. The van der Waals surface area contributed by atoms with Crippen molar-refractivity contribution in [3.8, 4) is 0 Å². The van der Waals surface area contributed by atoms with Gasteiger partial charge in [-0.25, -0.2) is 4.98 Å². The Kier molecular flexibility index (Phi) is 9.78. The molecule has 0 radical (unpaired) electrons. The number of nitrogens with one attached hydrogen (secondary N) is 1. The van der Waals surface area contributed by atoms with Gasteiger partial charge >= 0.3 is 6.18 Å². The molecule has 204 valence electrons. The fraction of sp³-hybridized carbons (Fsp3) is 0.267. The lowest BCUT2D eigenvalue weighted by Crippen LogP contribution is -2.33. The van der Waals surface area contributed by atoms with Crippen LogP contribution >= 0.6 is 22.9 Å². The van der Waals surface area contributed by atoms with E-state index in [4.69, 9.17) is 11.6 Å². The van der Waals surface area contributed by atoms with E-state index in [9.17, 15) is 18.0 Å². The second kappa shape index (κ2) is 13.2. The quantitative estimate of drug-likeness (QED) is 0.200. The molecule has 0 saturated heterocycles. The highest BCUT2D eigenvalue weighted by atomic mass is 35.5. The van der Waals surface area contributed by atoms with Gasteiger partial charge in [-0.3, -0.25) is 9.69 Å². The first kappa shape index (κ1) is 28.8. The molecular weight excluding hydrogens is 543 g/mol. The van der Waals surface area contributed by atoms with Crippen molar-refractivity contribution in [1.82, 2.24) is 15.2 Å². The summed E-state index contributed by atoms with van der Waals surface area (Å²) in [6.45, 7) is 3.06. The van der Waals surface area contributed by atoms with Gasteiger partial charge in [-0.1, -0.05) is 72.3 Å². The zero-order valence-electron chi connectivity index (χ0n) is 21.4. The third-order valence-electron chi connectivity index (χ3n) is 6.19. The number of amides is 1. The van der Waals surface area contributed by atoms with E-state index in [0.29, 0.717) is 34.4 Å². The minimum absolute atomic E-state index is 0.0249. The summed E-state index contributed by atoms with van der Waals surface area (Å²) in [5, 5.41) is 6.01. The Morgan fingerprint density at radius 1 is 0.949 bits per heavy atom. The largest absolute Gasteiger partial charge is 0.416 e. The first-order chi connectivity index (χ1) is 18.7. The molecule has 1 N–H and O–H groups in total. The Bertz CT molecular complexity index is 1380. The van der Waals surface area contributed by atoms with Crippen molar-refractivity contribution in [2.45, 2.75) is 51.6 Å². The van der Waals surface area contributed by atoms with Crippen LogP contribution in [0.4, 0.5) is 13.2 Å². The SMILES string of the molecule is CC(CCc1ccccc1)NC(=O)c1csc(CN(Cc2cccc(Cl)c2)Cc2cccc(C(F)(F)F)c2)n1. The van der Waals surface area contributed by atoms with Gasteiger partial charge in [0.2, 0.25) is 0 Å². The lowest BCUT2D eigenvalue weighted by Gasteiger charge is -2.22. The smallest absolute Gasteiger partial charge is 0.348 e. The molecule has 4 rings (SSSR count). The number of alkyl halides is 3. The van der Waals surface area contributed by atoms with Gasteiger partial charge in [-0.05, 0) is 54.7 Å². The molecule has 0 fully saturated rings. The highest BCUT2D eigenvalue weighted by Crippen LogP contribution is 2.30. The van der Waals surface area contributed by atoms with Gasteiger partial charge in [-0.2, -0.15) is 13.2 Å². The molecule has 0 aliphatic carbocycles. The second-order valence-electron chi connectivity index (χ2n) is 9.50. The number of aromatic nitrogens is 1. The number of carbonyl (C=O) groups excluding carboxylic acids is 1. The van der Waals surface area contributed by atoms with Crippen LogP contribution in [0.5, 0.6) is 0 Å². The molecule has 39 heavy (non-hydrogen) atoms. The fourth-order valence-electron chi connectivity index (χ4n) is 4.24. The average molecular weight is 572 g/mol. The molecule has 1 unspecified atom stereocenters. The minimum Gasteiger partial charge on any atom is -0.348 e. The zero-order chi connectivity index (χ0) is 27.8. The number of carbonyl (C=O) groups is 1. The Hall–Kier alpha value is -3.20. The van der Waals surface area contributed by atoms with Gasteiger partial charge < -0.3 is 5.32 Å². The van der Waals surface area contributed by atoms with Gasteiger partial charge in [0.25, 0.3) is 5.91 Å². The van der Waals surface area contributed by atoms with Crippen LogP contribution in [0.3, 0.4) is 0 Å². The average Bonchev–Trinajstić information content (AvgIpc) is 3.36. The highest BCUT2D eigenvalue weighted by Gasteiger charge is 2.30. The molecule has 0 aliphatic heterocycles. The Morgan fingerprint density at radius 3 is 2.31 bits per heavy atom. The summed E-state index contributed by atoms with van der Waals surface area (Å²) in [6, 6.07) is 22.8. The maximum atomic E-state index is 13.3. The van der Waals surface area contributed by atoms with E-state index in [0.717, 1.165) is 24.5 Å². The molecule has 0 bridgehead atoms. The molecule has 1 amide bonds. The maximum Gasteiger partial charge on any atom is 0.416 e. The minimum atomic E-state index is -4.41. The van der Waals surface area contributed by atoms with Crippen LogP contribution in [0, 0.1) is 0 Å². The number of hydrogen-bond acceptors (Lipinski definition) is 4. The van der Waals surface area contributed by atoms with Crippen molar-refractivity contribution in [3.05, 3.63) is 122 Å². The zero-order valence-corrected chi connectivity index (χ0v) is 23.0. The molecule has 4 nitrogen and oxygen atoms in total. The first-order valence-electron chi connectivity index (χ1n) is 12.6. The molecular formula is C30H29ClF3N3OS. The fourth-order valence-corrected chi connectivity index (χ4v) is 5.27. The summed E-state index contributed by atoms with van der Waals surface area (Å²) in [5.74, 6) is -0.239. The van der Waals surface area contributed by atoms with Crippen molar-refractivity contribution in [1.29, 1.82) is 0 Å². The van der Waals surface area contributed by atoms with Crippen LogP contribution in [0.25, 0.3) is 0 Å². The number of benzene rings is 3. The van der Waals surface area contributed by atoms with E-state index >= 15 is 0 Å². The summed E-state index contributed by atoms with van der Waals surface area (Å²) in [4.78, 5) is 19.3. The third kappa shape index (κ3) is 8.92. The van der Waals surface area contributed by atoms with E-state index in [1.54, 1.807) is 17.5 Å². The number of aryl methyl sites for hydroxylation is 1. The topological polar surface area (TPSA) is 45.2 Å². The van der Waals surface area contributed by atoms with Crippen LogP contribution in [0.15, 0.2) is 84.2 Å². The molecule has 1 heterocycles. The second-order valence-corrected chi connectivity index (χ2v) is 10.9. The van der Waals surface area contributed by atoms with Crippen molar-refractivity contribution < 1.29 is 18.0 Å². The van der Waals surface area contributed by atoms with Crippen LogP contribution in [0.2, 0.25) is 5.02 Å². The van der Waals surface area contributed by atoms with Gasteiger partial charge in [0.05, 0.1) is 12.1 Å². The van der Waals surface area contributed by atoms with Crippen molar-refractivity contribution in [2.75, 3.05) is 0 Å². The summed E-state index contributed by atoms with van der Waals surface area (Å²) in [5.41, 5.74) is 2.33. The van der Waals surface area contributed by atoms with Crippen molar-refractivity contribution in [2.24, 2.45) is 0 Å². The van der Waals surface area contributed by atoms with Gasteiger partial charge in [0.15, 0.2) is 0 Å². The van der Waals surface area contributed by atoms with Crippen molar-refractivity contribution in [3.63, 3.8) is 0 Å². The van der Waals surface area contributed by atoms with Crippen LogP contribution < -0.4 is 5.32 Å². The highest BCUT2D eigenvalue weighted by molar-refractivity contribution is 7.09. The van der Waals surface area contributed by atoms with Crippen molar-refractivity contribution >= 4 is 28.8 Å².